The molecule has 10 heavy (non-hydrogen) atoms. The summed E-state index contributed by atoms with van der Waals surface area (Å²) in [6.45, 7) is 0. The van der Waals surface area contributed by atoms with E-state index in [9.17, 15) is 0 Å². The Morgan fingerprint density at radius 1 is 1.00 bits per heavy atom. The molecule has 0 aromatic rings. The van der Waals surface area contributed by atoms with E-state index in [1.807, 2.05) is 0 Å². The number of rotatable bonds is 0. The van der Waals surface area contributed by atoms with Crippen LogP contribution in [0.3, 0.4) is 0 Å². The zero-order chi connectivity index (χ0) is 3.58. The molecule has 60 valence electrons. The SMILES string of the molecule is Cl.Cl.N.O=C(O)O.[Ca+2].[Ca+2].[Ca+2].[H-].[H-].[H-].[H-].[H-].[H-]. The van der Waals surface area contributed by atoms with Gasteiger partial charge in [0.2, 0.25) is 0 Å². The van der Waals surface area contributed by atoms with Gasteiger partial charge in [-0.05, 0) is 0 Å². The number of hydrogen-bond acceptors (Lipinski definition) is 2. The fraction of sp³-hybridized carbons (Fsp3) is 0. The van der Waals surface area contributed by atoms with Crippen molar-refractivity contribution in [2.24, 2.45) is 0 Å². The molecule has 0 unspecified atom stereocenters. The summed E-state index contributed by atoms with van der Waals surface area (Å²) in [6, 6.07) is 0. The van der Waals surface area contributed by atoms with Crippen LogP contribution in [-0.2, 0) is 0 Å². The van der Waals surface area contributed by atoms with Crippen LogP contribution >= 0.6 is 24.8 Å². The van der Waals surface area contributed by atoms with E-state index in [-0.39, 0.29) is 153 Å². The van der Waals surface area contributed by atoms with Crippen molar-refractivity contribution < 1.29 is 23.6 Å². The van der Waals surface area contributed by atoms with E-state index in [4.69, 9.17) is 15.0 Å². The Hall–Kier alpha value is 3.59. The largest absolute Gasteiger partial charge is 2.00 e. The Morgan fingerprint density at radius 2 is 1.00 bits per heavy atom. The van der Waals surface area contributed by atoms with Crippen molar-refractivity contribution in [3.8, 4) is 0 Å². The maximum Gasteiger partial charge on any atom is 2.00 e. The van der Waals surface area contributed by atoms with Crippen molar-refractivity contribution in [2.75, 3.05) is 0 Å². The number of hydrogen-bond donors (Lipinski definition) is 3. The first-order chi connectivity index (χ1) is 1.73. The van der Waals surface area contributed by atoms with Crippen LogP contribution in [0.5, 0.6) is 0 Å². The molecule has 0 saturated heterocycles. The Balaban J connectivity index is -0.000000000682. The molecular formula is CH13Ca3Cl2NO3. The molecule has 0 bridgehead atoms. The standard InChI is InChI=1S/CH2O3.3Ca.2ClH.H3N.6H/c2-1(3)4;;;;;;;;;;;;/h(H2,2,3,4);;;;2*1H;1H3;;;;;;/q;3*+2;;;;6*-1. The van der Waals surface area contributed by atoms with Gasteiger partial charge in [-0.15, -0.1) is 24.8 Å². The second-order valence-corrected chi connectivity index (χ2v) is 0.283. The summed E-state index contributed by atoms with van der Waals surface area (Å²) in [7, 11) is 0. The molecule has 0 saturated carbocycles. The predicted octanol–water partition coefficient (Wildman–Crippen LogP) is 0.761. The maximum absolute atomic E-state index is 8.56. The molecule has 0 rings (SSSR count). The Bertz CT molecular complexity index is 60.0. The molecule has 0 aliphatic rings. The number of carboxylic acid groups (broad SMARTS) is 2. The predicted molar refractivity (Wildman–Crippen MR) is 54.1 cm³/mol. The van der Waals surface area contributed by atoms with E-state index >= 15 is 0 Å². The fourth-order valence-electron chi connectivity index (χ4n) is 0. The van der Waals surface area contributed by atoms with Gasteiger partial charge < -0.3 is 24.9 Å². The van der Waals surface area contributed by atoms with Gasteiger partial charge in [0.05, 0.1) is 0 Å². The molecule has 0 radical (unpaired) electrons. The summed E-state index contributed by atoms with van der Waals surface area (Å²) in [5.41, 5.74) is 0. The third kappa shape index (κ3) is 101. The Kier molecular flexibility index (Phi) is 193. The van der Waals surface area contributed by atoms with Gasteiger partial charge in [-0.2, -0.15) is 0 Å². The van der Waals surface area contributed by atoms with Gasteiger partial charge >= 0.3 is 119 Å². The molecule has 0 fully saturated rings. The van der Waals surface area contributed by atoms with Gasteiger partial charge in [-0.25, -0.2) is 4.79 Å². The molecule has 5 N–H and O–H groups in total. The first-order valence-electron chi connectivity index (χ1n) is 0.651. The average molecular weight is 278 g/mol. The maximum atomic E-state index is 8.56. The van der Waals surface area contributed by atoms with Crippen LogP contribution in [0.1, 0.15) is 8.56 Å². The molecule has 0 heterocycles. The van der Waals surface area contributed by atoms with E-state index < -0.39 is 6.16 Å². The first-order valence-corrected chi connectivity index (χ1v) is 0.651. The van der Waals surface area contributed by atoms with Crippen molar-refractivity contribution in [1.82, 2.24) is 6.15 Å². The zero-order valence-electron chi connectivity index (χ0n) is 11.4. The van der Waals surface area contributed by atoms with Gasteiger partial charge in [-0.3, -0.25) is 0 Å². The molecule has 4 nitrogen and oxygen atoms in total. The monoisotopic (exact) mass is 277 g/mol. The van der Waals surface area contributed by atoms with Crippen LogP contribution in [0.2, 0.25) is 0 Å². The molecule has 0 spiro atoms. The minimum atomic E-state index is -1.83. The summed E-state index contributed by atoms with van der Waals surface area (Å²) in [6.07, 6.45) is -1.83. The average Bonchev–Trinajstić information content (AvgIpc) is 0.811. The third-order valence-corrected chi connectivity index (χ3v) is 0. The minimum Gasteiger partial charge on any atom is -1.00 e. The van der Waals surface area contributed by atoms with E-state index in [1.165, 1.54) is 0 Å². The summed E-state index contributed by atoms with van der Waals surface area (Å²) < 4.78 is 0. The summed E-state index contributed by atoms with van der Waals surface area (Å²) in [5, 5.41) is 13.9. The second kappa shape index (κ2) is 38.9. The minimum absolute atomic E-state index is 0. The quantitative estimate of drug-likeness (QED) is 0.570. The molecule has 0 atom stereocenters. The topological polar surface area (TPSA) is 92.5 Å². The van der Waals surface area contributed by atoms with Crippen LogP contribution < -0.4 is 6.15 Å². The Morgan fingerprint density at radius 3 is 1.00 bits per heavy atom. The Labute approximate surface area is 170 Å². The summed E-state index contributed by atoms with van der Waals surface area (Å²) >= 11 is 0. The van der Waals surface area contributed by atoms with Crippen molar-refractivity contribution >= 4 is 144 Å². The fourth-order valence-corrected chi connectivity index (χ4v) is 0. The van der Waals surface area contributed by atoms with Crippen molar-refractivity contribution in [1.29, 1.82) is 0 Å². The number of halogens is 2. The molecular weight excluding hydrogens is 265 g/mol. The van der Waals surface area contributed by atoms with Crippen LogP contribution in [0.15, 0.2) is 0 Å². The van der Waals surface area contributed by atoms with E-state index in [0.29, 0.717) is 0 Å². The smallest absolute Gasteiger partial charge is 1.00 e. The van der Waals surface area contributed by atoms with Crippen LogP contribution in [0.4, 0.5) is 4.79 Å². The molecule has 0 aromatic carbocycles. The van der Waals surface area contributed by atoms with E-state index in [2.05, 4.69) is 0 Å². The zero-order valence-corrected chi connectivity index (χ0v) is 13.7. The van der Waals surface area contributed by atoms with Crippen molar-refractivity contribution in [2.45, 2.75) is 0 Å². The third-order valence-electron chi connectivity index (χ3n) is 0. The summed E-state index contributed by atoms with van der Waals surface area (Å²) in [5.74, 6) is 0. The van der Waals surface area contributed by atoms with Crippen molar-refractivity contribution in [3.63, 3.8) is 0 Å². The normalized spacial score (nSPS) is 2.40. The number of carbonyl (C=O) groups is 1. The molecule has 0 aliphatic carbocycles. The van der Waals surface area contributed by atoms with Crippen LogP contribution in [0.25, 0.3) is 0 Å². The van der Waals surface area contributed by atoms with E-state index in [0.717, 1.165) is 0 Å². The van der Waals surface area contributed by atoms with Gasteiger partial charge in [0.25, 0.3) is 0 Å². The molecule has 0 aliphatic heterocycles. The van der Waals surface area contributed by atoms with Crippen LogP contribution in [-0.4, -0.2) is 130 Å². The molecule has 9 heteroatoms. The van der Waals surface area contributed by atoms with Gasteiger partial charge in [0.15, 0.2) is 0 Å². The summed E-state index contributed by atoms with van der Waals surface area (Å²) in [4.78, 5) is 8.56. The van der Waals surface area contributed by atoms with E-state index in [1.54, 1.807) is 0 Å². The molecule has 0 amide bonds. The molecule has 0 aromatic heterocycles. The van der Waals surface area contributed by atoms with Gasteiger partial charge in [-0.1, -0.05) is 0 Å². The second-order valence-electron chi connectivity index (χ2n) is 0.283. The van der Waals surface area contributed by atoms with Gasteiger partial charge in [0, 0.05) is 0 Å². The van der Waals surface area contributed by atoms with Crippen LogP contribution in [0, 0.1) is 0 Å². The first kappa shape index (κ1) is 49.6. The van der Waals surface area contributed by atoms with Crippen molar-refractivity contribution in [3.05, 3.63) is 0 Å². The van der Waals surface area contributed by atoms with Gasteiger partial charge in [0.1, 0.15) is 0 Å².